The van der Waals surface area contributed by atoms with E-state index >= 15 is 0 Å². The minimum absolute atomic E-state index is 0.0290. The van der Waals surface area contributed by atoms with E-state index in [-0.39, 0.29) is 34.2 Å². The van der Waals surface area contributed by atoms with Gasteiger partial charge < -0.3 is 9.53 Å². The van der Waals surface area contributed by atoms with Crippen molar-refractivity contribution in [3.05, 3.63) is 75.8 Å². The summed E-state index contributed by atoms with van der Waals surface area (Å²) < 4.78 is 6.43. The van der Waals surface area contributed by atoms with Crippen LogP contribution in [-0.2, 0) is 9.22 Å². The number of piperidine rings is 1. The molecule has 0 spiro atoms. The number of hydrogen-bond acceptors (Lipinski definition) is 8. The molecular formula is C28H37N5O6Si. The monoisotopic (exact) mass is 567 g/mol. The topological polar surface area (TPSA) is 141 Å². The second-order valence-electron chi connectivity index (χ2n) is 12.0. The number of carbonyl (C=O) groups is 2. The molecule has 11 nitrogen and oxygen atoms in total. The van der Waals surface area contributed by atoms with Gasteiger partial charge in [0.2, 0.25) is 0 Å². The summed E-state index contributed by atoms with van der Waals surface area (Å²) in [5, 5.41) is 30.8. The van der Waals surface area contributed by atoms with E-state index in [9.17, 15) is 24.8 Å². The maximum atomic E-state index is 14.3. The number of carboxylic acids is 1. The van der Waals surface area contributed by atoms with Crippen LogP contribution in [0.25, 0.3) is 5.69 Å². The number of allylic oxidation sites excluding steroid dienone is 2. The molecule has 1 saturated heterocycles. The zero-order chi connectivity index (χ0) is 29.3. The third kappa shape index (κ3) is 5.56. The number of hydrogen-bond donors (Lipinski definition) is 1. The Morgan fingerprint density at radius 3 is 2.52 bits per heavy atom. The van der Waals surface area contributed by atoms with Crippen LogP contribution in [0.2, 0.25) is 18.1 Å². The van der Waals surface area contributed by atoms with E-state index in [0.29, 0.717) is 25.4 Å². The van der Waals surface area contributed by atoms with Gasteiger partial charge in [0.1, 0.15) is 0 Å². The van der Waals surface area contributed by atoms with Crippen LogP contribution in [0.5, 0.6) is 0 Å². The quantitative estimate of drug-likeness (QED) is 0.150. The number of aromatic nitrogens is 3. The van der Waals surface area contributed by atoms with E-state index in [1.807, 2.05) is 0 Å². The molecule has 1 fully saturated rings. The molecule has 0 radical (unpaired) electrons. The van der Waals surface area contributed by atoms with Crippen LogP contribution in [0.15, 0.2) is 60.1 Å². The highest BCUT2D eigenvalue weighted by Crippen LogP contribution is 2.47. The van der Waals surface area contributed by atoms with Crippen molar-refractivity contribution in [2.24, 2.45) is 11.3 Å². The minimum atomic E-state index is -2.03. The lowest BCUT2D eigenvalue weighted by Crippen LogP contribution is -2.49. The highest BCUT2D eigenvalue weighted by Gasteiger charge is 2.54. The average Bonchev–Trinajstić information content (AvgIpc) is 3.45. The van der Waals surface area contributed by atoms with Crippen LogP contribution in [0.3, 0.4) is 0 Å². The zero-order valence-electron chi connectivity index (χ0n) is 23.7. The van der Waals surface area contributed by atoms with Crippen molar-refractivity contribution in [3.63, 3.8) is 0 Å². The van der Waals surface area contributed by atoms with Gasteiger partial charge in [0.05, 0.1) is 29.7 Å². The summed E-state index contributed by atoms with van der Waals surface area (Å²) in [7, 11) is -2.03. The van der Waals surface area contributed by atoms with Gasteiger partial charge in [-0.3, -0.25) is 24.6 Å². The fraction of sp³-hybridized carbons (Fsp3) is 0.500. The number of Topliss-reactive ketones (excluding diaryl/α,β-unsaturated/α-hetero) is 1. The maximum Gasteiger partial charge on any atom is 0.322 e. The van der Waals surface area contributed by atoms with Crippen molar-refractivity contribution >= 4 is 20.1 Å². The molecule has 1 aliphatic heterocycles. The third-order valence-corrected chi connectivity index (χ3v) is 13.0. The molecule has 2 aliphatic rings. The highest BCUT2D eigenvalue weighted by atomic mass is 28.4. The lowest BCUT2D eigenvalue weighted by molar-refractivity contribution is -0.419. The molecule has 0 saturated carbocycles. The van der Waals surface area contributed by atoms with E-state index in [1.165, 1.54) is 29.3 Å². The van der Waals surface area contributed by atoms with Crippen LogP contribution < -0.4 is 0 Å². The van der Waals surface area contributed by atoms with Gasteiger partial charge in [-0.05, 0) is 67.1 Å². The van der Waals surface area contributed by atoms with Crippen LogP contribution in [0.4, 0.5) is 0 Å². The first-order valence-corrected chi connectivity index (χ1v) is 16.4. The first-order valence-electron chi connectivity index (χ1n) is 13.4. The second kappa shape index (κ2) is 11.2. The van der Waals surface area contributed by atoms with Crippen LogP contribution >= 0.6 is 0 Å². The van der Waals surface area contributed by atoms with Gasteiger partial charge in [0, 0.05) is 24.7 Å². The van der Waals surface area contributed by atoms with Gasteiger partial charge in [-0.1, -0.05) is 32.9 Å². The Bertz CT molecular complexity index is 1350. The van der Waals surface area contributed by atoms with Gasteiger partial charge in [-0.2, -0.15) is 15.0 Å². The number of carboxylic acid groups (broad SMARTS) is 1. The maximum absolute atomic E-state index is 14.3. The Balaban J connectivity index is 1.73. The molecule has 214 valence electrons. The Hall–Kier alpha value is -3.48. The molecule has 2 heterocycles. The molecule has 40 heavy (non-hydrogen) atoms. The van der Waals surface area contributed by atoms with Gasteiger partial charge in [0.25, 0.3) is 5.70 Å². The number of nitro groups is 1. The van der Waals surface area contributed by atoms with E-state index < -0.39 is 30.4 Å². The Labute approximate surface area is 234 Å². The lowest BCUT2D eigenvalue weighted by Gasteiger charge is -2.42. The average molecular weight is 568 g/mol. The van der Waals surface area contributed by atoms with Crippen molar-refractivity contribution < 1.29 is 24.0 Å². The summed E-state index contributed by atoms with van der Waals surface area (Å²) in [6.45, 7) is 12.4. The van der Waals surface area contributed by atoms with E-state index in [2.05, 4.69) is 49.0 Å². The van der Waals surface area contributed by atoms with E-state index in [4.69, 9.17) is 4.43 Å². The smallest absolute Gasteiger partial charge is 0.322 e. The number of rotatable bonds is 9. The van der Waals surface area contributed by atoms with Crippen molar-refractivity contribution in [2.45, 2.75) is 58.2 Å². The van der Waals surface area contributed by atoms with Gasteiger partial charge >= 0.3 is 5.97 Å². The van der Waals surface area contributed by atoms with Gasteiger partial charge in [-0.15, -0.1) is 0 Å². The first kappa shape index (κ1) is 29.5. The summed E-state index contributed by atoms with van der Waals surface area (Å²) in [5.41, 5.74) is -1.46. The van der Waals surface area contributed by atoms with E-state index in [0.717, 1.165) is 13.0 Å². The molecule has 0 bridgehead atoms. The molecule has 0 amide bonds. The molecule has 1 N–H and O–H groups in total. The number of para-hydroxylation sites is 1. The highest BCUT2D eigenvalue weighted by molar-refractivity contribution is 6.74. The number of likely N-dealkylation sites (tertiary alicyclic amines) is 1. The Kier molecular flexibility index (Phi) is 8.25. The summed E-state index contributed by atoms with van der Waals surface area (Å²) in [6.07, 6.45) is 6.53. The van der Waals surface area contributed by atoms with Crippen molar-refractivity contribution in [3.8, 4) is 5.69 Å². The molecule has 4 rings (SSSR count). The van der Waals surface area contributed by atoms with Crippen molar-refractivity contribution in [1.29, 1.82) is 0 Å². The Morgan fingerprint density at radius 1 is 1.23 bits per heavy atom. The lowest BCUT2D eigenvalue weighted by atomic mass is 9.64. The van der Waals surface area contributed by atoms with Crippen molar-refractivity contribution in [2.75, 3.05) is 19.8 Å². The number of carbonyl (C=O) groups excluding carboxylic acids is 1. The molecule has 1 aliphatic carbocycles. The molecule has 2 unspecified atom stereocenters. The van der Waals surface area contributed by atoms with Gasteiger partial charge in [-0.25, -0.2) is 0 Å². The fourth-order valence-corrected chi connectivity index (χ4v) is 6.09. The predicted molar refractivity (Wildman–Crippen MR) is 151 cm³/mol. The summed E-state index contributed by atoms with van der Waals surface area (Å²) in [4.78, 5) is 42.1. The third-order valence-electron chi connectivity index (χ3n) is 8.52. The largest absolute Gasteiger partial charge is 0.480 e. The predicted octanol–water partition coefficient (Wildman–Crippen LogP) is 4.70. The molecular weight excluding hydrogens is 530 g/mol. The summed E-state index contributed by atoms with van der Waals surface area (Å²) >= 11 is 0. The molecule has 2 aromatic rings. The first-order chi connectivity index (χ1) is 18.8. The molecule has 1 aromatic heterocycles. The molecule has 1 aromatic carbocycles. The number of nitrogens with zero attached hydrogens (tertiary/aromatic N) is 5. The zero-order valence-corrected chi connectivity index (χ0v) is 24.7. The van der Waals surface area contributed by atoms with Crippen LogP contribution in [-0.4, -0.2) is 69.8 Å². The standard InChI is InChI=1S/C28H37N5O6Si/c1-27(2,3)40(4,5)39-19-31-16-8-9-20(18-31)23-17-21(33(37)38)12-13-28(23,26(35)36)25(34)22-10-6-7-11-24(22)32-29-14-15-30-32/h6-7,10-12,14-15,17,20H,8-9,13,16,18-19H2,1-5H3,(H,35,36). The molecule has 2 atom stereocenters. The summed E-state index contributed by atoms with van der Waals surface area (Å²) in [6, 6.07) is 6.57. The minimum Gasteiger partial charge on any atom is -0.480 e. The number of benzene rings is 1. The Morgan fingerprint density at radius 2 is 1.90 bits per heavy atom. The van der Waals surface area contributed by atoms with E-state index in [1.54, 1.807) is 24.3 Å². The SMILES string of the molecule is CC(C)(C)[Si](C)(C)OCN1CCCC(C2=CC([N+](=O)[O-])=CCC2(C(=O)O)C(=O)c2ccccc2-n2nccn2)C1. The van der Waals surface area contributed by atoms with Crippen LogP contribution in [0, 0.1) is 21.4 Å². The van der Waals surface area contributed by atoms with Gasteiger partial charge in [0.15, 0.2) is 19.5 Å². The summed E-state index contributed by atoms with van der Waals surface area (Å²) in [5.74, 6) is -2.36. The van der Waals surface area contributed by atoms with Crippen LogP contribution in [0.1, 0.15) is 50.4 Å². The fourth-order valence-electron chi connectivity index (χ4n) is 5.15. The van der Waals surface area contributed by atoms with Crippen molar-refractivity contribution in [1.82, 2.24) is 19.9 Å². The number of aliphatic carboxylic acids is 1. The second-order valence-corrected chi connectivity index (χ2v) is 16.8. The molecule has 12 heteroatoms. The normalized spacial score (nSPS) is 22.4. The number of ketones is 1.